The fourth-order valence-electron chi connectivity index (χ4n) is 2.70. The number of rotatable bonds is 8. The molecule has 0 fully saturated rings. The van der Waals surface area contributed by atoms with Crippen LogP contribution in [0.3, 0.4) is 0 Å². The molecule has 1 atom stereocenters. The van der Waals surface area contributed by atoms with Crippen molar-refractivity contribution in [2.75, 3.05) is 18.0 Å². The molecule has 0 aliphatic rings. The minimum atomic E-state index is 0.504. The van der Waals surface area contributed by atoms with Crippen LogP contribution in [0.15, 0.2) is 24.4 Å². The molecular weight excluding hydrogens is 260 g/mol. The average Bonchev–Trinajstić information content (AvgIpc) is 2.87. The Morgan fingerprint density at radius 2 is 2.10 bits per heavy atom. The number of fused-ring (bicyclic) bond motifs is 1. The van der Waals surface area contributed by atoms with Gasteiger partial charge in [0.15, 0.2) is 5.82 Å². The van der Waals surface area contributed by atoms with E-state index in [1.165, 1.54) is 5.69 Å². The zero-order chi connectivity index (χ0) is 15.2. The molecule has 0 radical (unpaired) electrons. The SMILES string of the molecule is CCCNCc1c(N(CC)C(C)CC)nc2ccccn12. The number of hydrogen-bond acceptors (Lipinski definition) is 3. The van der Waals surface area contributed by atoms with Crippen molar-refractivity contribution in [1.82, 2.24) is 14.7 Å². The number of aromatic nitrogens is 2. The molecule has 2 heterocycles. The molecule has 4 heteroatoms. The number of nitrogens with one attached hydrogen (secondary N) is 1. The molecule has 0 aliphatic carbocycles. The fourth-order valence-corrected chi connectivity index (χ4v) is 2.70. The van der Waals surface area contributed by atoms with E-state index in [9.17, 15) is 0 Å². The lowest BCUT2D eigenvalue weighted by atomic mass is 10.2. The maximum atomic E-state index is 4.88. The Morgan fingerprint density at radius 1 is 1.29 bits per heavy atom. The van der Waals surface area contributed by atoms with Gasteiger partial charge in [0.1, 0.15) is 5.65 Å². The van der Waals surface area contributed by atoms with Gasteiger partial charge in [0.05, 0.1) is 5.69 Å². The third kappa shape index (κ3) is 3.38. The van der Waals surface area contributed by atoms with E-state index in [0.29, 0.717) is 6.04 Å². The van der Waals surface area contributed by atoms with E-state index in [1.54, 1.807) is 0 Å². The Kier molecular flexibility index (Phi) is 5.62. The van der Waals surface area contributed by atoms with Gasteiger partial charge in [-0.15, -0.1) is 0 Å². The van der Waals surface area contributed by atoms with Crippen LogP contribution < -0.4 is 10.2 Å². The summed E-state index contributed by atoms with van der Waals surface area (Å²) in [7, 11) is 0. The first-order valence-electron chi connectivity index (χ1n) is 8.16. The number of imidazole rings is 1. The molecule has 2 aromatic heterocycles. The van der Waals surface area contributed by atoms with Gasteiger partial charge >= 0.3 is 0 Å². The fraction of sp³-hybridized carbons (Fsp3) is 0.588. The molecule has 0 aliphatic heterocycles. The van der Waals surface area contributed by atoms with Crippen molar-refractivity contribution in [3.63, 3.8) is 0 Å². The molecule has 0 aromatic carbocycles. The van der Waals surface area contributed by atoms with Crippen LogP contribution in [0, 0.1) is 0 Å². The van der Waals surface area contributed by atoms with Crippen molar-refractivity contribution in [2.24, 2.45) is 0 Å². The Morgan fingerprint density at radius 3 is 2.76 bits per heavy atom. The second kappa shape index (κ2) is 7.46. The zero-order valence-electron chi connectivity index (χ0n) is 13.8. The molecule has 0 saturated heterocycles. The van der Waals surface area contributed by atoms with Crippen LogP contribution in [0.5, 0.6) is 0 Å². The topological polar surface area (TPSA) is 32.6 Å². The Balaban J connectivity index is 2.42. The summed E-state index contributed by atoms with van der Waals surface area (Å²) in [6, 6.07) is 6.71. The standard InChI is InChI=1S/C17H28N4/c1-5-11-18-13-15-17(20(7-3)14(4)6-2)19-16-10-8-9-12-21(15)16/h8-10,12,14,18H,5-7,11,13H2,1-4H3. The molecular formula is C17H28N4. The van der Waals surface area contributed by atoms with Gasteiger partial charge in [0.2, 0.25) is 0 Å². The molecule has 4 nitrogen and oxygen atoms in total. The summed E-state index contributed by atoms with van der Waals surface area (Å²) in [4.78, 5) is 7.29. The summed E-state index contributed by atoms with van der Waals surface area (Å²) in [6.45, 7) is 11.8. The summed E-state index contributed by atoms with van der Waals surface area (Å²) in [5.41, 5.74) is 2.30. The summed E-state index contributed by atoms with van der Waals surface area (Å²) in [5, 5.41) is 3.52. The van der Waals surface area contributed by atoms with E-state index in [2.05, 4.69) is 66.7 Å². The van der Waals surface area contributed by atoms with E-state index < -0.39 is 0 Å². The van der Waals surface area contributed by atoms with Crippen molar-refractivity contribution < 1.29 is 0 Å². The molecule has 116 valence electrons. The molecule has 1 N–H and O–H groups in total. The lowest BCUT2D eigenvalue weighted by molar-refractivity contribution is 0.612. The van der Waals surface area contributed by atoms with Gasteiger partial charge in [-0.3, -0.25) is 0 Å². The minimum absolute atomic E-state index is 0.504. The third-order valence-electron chi connectivity index (χ3n) is 4.06. The van der Waals surface area contributed by atoms with Crippen molar-refractivity contribution >= 4 is 11.5 Å². The maximum Gasteiger partial charge on any atom is 0.152 e. The van der Waals surface area contributed by atoms with E-state index in [4.69, 9.17) is 4.98 Å². The van der Waals surface area contributed by atoms with Gasteiger partial charge in [0.25, 0.3) is 0 Å². The van der Waals surface area contributed by atoms with Crippen LogP contribution in [0.1, 0.15) is 46.2 Å². The molecule has 21 heavy (non-hydrogen) atoms. The largest absolute Gasteiger partial charge is 0.353 e. The number of pyridine rings is 1. The molecule has 2 rings (SSSR count). The summed E-state index contributed by atoms with van der Waals surface area (Å²) in [5.74, 6) is 1.13. The second-order valence-electron chi connectivity index (χ2n) is 5.53. The number of nitrogens with zero attached hydrogens (tertiary/aromatic N) is 3. The second-order valence-corrected chi connectivity index (χ2v) is 5.53. The average molecular weight is 288 g/mol. The number of anilines is 1. The highest BCUT2D eigenvalue weighted by Gasteiger charge is 2.20. The third-order valence-corrected chi connectivity index (χ3v) is 4.06. The smallest absolute Gasteiger partial charge is 0.152 e. The zero-order valence-corrected chi connectivity index (χ0v) is 13.8. The lowest BCUT2D eigenvalue weighted by Crippen LogP contribution is -2.34. The molecule has 0 saturated carbocycles. The van der Waals surface area contributed by atoms with Crippen LogP contribution in [0.25, 0.3) is 5.65 Å². The summed E-state index contributed by atoms with van der Waals surface area (Å²) >= 11 is 0. The predicted molar refractivity (Wildman–Crippen MR) is 90.0 cm³/mol. The van der Waals surface area contributed by atoms with E-state index in [-0.39, 0.29) is 0 Å². The van der Waals surface area contributed by atoms with Gasteiger partial charge in [-0.1, -0.05) is 19.9 Å². The lowest BCUT2D eigenvalue weighted by Gasteiger charge is -2.28. The molecule has 0 amide bonds. The molecule has 1 unspecified atom stereocenters. The van der Waals surface area contributed by atoms with Gasteiger partial charge in [-0.25, -0.2) is 4.98 Å². The van der Waals surface area contributed by atoms with Crippen LogP contribution in [0.2, 0.25) is 0 Å². The first kappa shape index (κ1) is 15.8. The summed E-state index contributed by atoms with van der Waals surface area (Å²) < 4.78 is 2.21. The van der Waals surface area contributed by atoms with Crippen molar-refractivity contribution in [3.05, 3.63) is 30.1 Å². The minimum Gasteiger partial charge on any atom is -0.353 e. The number of hydrogen-bond donors (Lipinski definition) is 1. The molecule has 0 bridgehead atoms. The van der Waals surface area contributed by atoms with Crippen molar-refractivity contribution in [2.45, 2.75) is 53.1 Å². The first-order chi connectivity index (χ1) is 10.2. The predicted octanol–water partition coefficient (Wildman–Crippen LogP) is 3.46. The Labute approximate surface area is 128 Å². The molecule has 0 spiro atoms. The highest BCUT2D eigenvalue weighted by atomic mass is 15.2. The highest BCUT2D eigenvalue weighted by Crippen LogP contribution is 2.24. The monoisotopic (exact) mass is 288 g/mol. The van der Waals surface area contributed by atoms with Crippen molar-refractivity contribution in [3.8, 4) is 0 Å². The van der Waals surface area contributed by atoms with Crippen LogP contribution >= 0.6 is 0 Å². The van der Waals surface area contributed by atoms with Crippen LogP contribution in [0.4, 0.5) is 5.82 Å². The van der Waals surface area contributed by atoms with Crippen molar-refractivity contribution in [1.29, 1.82) is 0 Å². The van der Waals surface area contributed by atoms with Gasteiger partial charge in [-0.05, 0) is 45.4 Å². The normalized spacial score (nSPS) is 12.8. The van der Waals surface area contributed by atoms with Crippen LogP contribution in [-0.4, -0.2) is 28.5 Å². The van der Waals surface area contributed by atoms with E-state index in [0.717, 1.165) is 43.9 Å². The van der Waals surface area contributed by atoms with E-state index >= 15 is 0 Å². The van der Waals surface area contributed by atoms with Crippen LogP contribution in [-0.2, 0) is 6.54 Å². The Bertz CT molecular complexity index is 561. The maximum absolute atomic E-state index is 4.88. The highest BCUT2D eigenvalue weighted by molar-refractivity contribution is 5.56. The summed E-state index contributed by atoms with van der Waals surface area (Å²) in [6.07, 6.45) is 4.39. The Hall–Kier alpha value is -1.55. The first-order valence-corrected chi connectivity index (χ1v) is 8.16. The van der Waals surface area contributed by atoms with E-state index in [1.807, 2.05) is 0 Å². The van der Waals surface area contributed by atoms with Gasteiger partial charge < -0.3 is 14.6 Å². The molecule has 2 aromatic rings. The van der Waals surface area contributed by atoms with Gasteiger partial charge in [-0.2, -0.15) is 0 Å². The van der Waals surface area contributed by atoms with Gasteiger partial charge in [0, 0.05) is 25.3 Å². The quantitative estimate of drug-likeness (QED) is 0.755.